The summed E-state index contributed by atoms with van der Waals surface area (Å²) in [5.74, 6) is 0. The van der Waals surface area contributed by atoms with Gasteiger partial charge in [-0.15, -0.1) is 0 Å². The van der Waals surface area contributed by atoms with Crippen molar-refractivity contribution in [2.75, 3.05) is 13.7 Å². The molecule has 0 spiro atoms. The first kappa shape index (κ1) is 22.1. The molecule has 1 fully saturated rings. The Bertz CT molecular complexity index is 871. The van der Waals surface area contributed by atoms with Gasteiger partial charge in [0, 0.05) is 7.11 Å². The average Bonchev–Trinajstić information content (AvgIpc) is 2.80. The number of hydrogen-bond acceptors (Lipinski definition) is 7. The van der Waals surface area contributed by atoms with Crippen LogP contribution < -0.4 is 0 Å². The molecule has 0 saturated carbocycles. The molecule has 1 aliphatic heterocycles. The fourth-order valence-electron chi connectivity index (χ4n) is 3.98. The first-order chi connectivity index (χ1) is 15.1. The molecule has 31 heavy (non-hydrogen) atoms. The van der Waals surface area contributed by atoms with Gasteiger partial charge in [0.2, 0.25) is 0 Å². The standard InChI is InChI=1S/C24H28O7/c1-28-24-22(27)23(30-18-12-11-16-9-5-6-10-17(16)20(18)25)21(26)19(31-24)14-29-13-15-7-3-2-4-8-15/h2-12,18-27H,13-14H2,1H3/t18-,19-,20-,21-,22+,23+,24+/m1/s1. The normalized spacial score (nSPS) is 32.6. The van der Waals surface area contributed by atoms with Crippen LogP contribution in [0.1, 0.15) is 22.8 Å². The third kappa shape index (κ3) is 4.88. The van der Waals surface area contributed by atoms with E-state index in [-0.39, 0.29) is 6.61 Å². The van der Waals surface area contributed by atoms with Crippen molar-refractivity contribution in [3.63, 3.8) is 0 Å². The zero-order chi connectivity index (χ0) is 21.8. The lowest BCUT2D eigenvalue weighted by Crippen LogP contribution is -2.61. The molecule has 7 nitrogen and oxygen atoms in total. The number of ether oxygens (including phenoxy) is 4. The van der Waals surface area contributed by atoms with Gasteiger partial charge in [-0.3, -0.25) is 0 Å². The highest BCUT2D eigenvalue weighted by Gasteiger charge is 2.47. The smallest absolute Gasteiger partial charge is 0.186 e. The summed E-state index contributed by atoms with van der Waals surface area (Å²) in [4.78, 5) is 0. The number of aliphatic hydroxyl groups is 3. The Kier molecular flexibility index (Phi) is 7.14. The van der Waals surface area contributed by atoms with Gasteiger partial charge in [0.1, 0.15) is 36.6 Å². The Labute approximate surface area is 181 Å². The fourth-order valence-corrected chi connectivity index (χ4v) is 3.98. The molecule has 2 aromatic rings. The highest BCUT2D eigenvalue weighted by Crippen LogP contribution is 2.33. The van der Waals surface area contributed by atoms with E-state index in [9.17, 15) is 15.3 Å². The van der Waals surface area contributed by atoms with Crippen LogP contribution in [0.3, 0.4) is 0 Å². The summed E-state index contributed by atoms with van der Waals surface area (Å²) >= 11 is 0. The SMILES string of the molecule is CO[C@H]1O[C@H](COCc2ccccc2)[C@@H](O)[C@H](O[C@@H]2C=Cc3ccccc3[C@H]2O)[C@@H]1O. The van der Waals surface area contributed by atoms with Gasteiger partial charge in [-0.25, -0.2) is 0 Å². The molecule has 7 heteroatoms. The third-order valence-electron chi connectivity index (χ3n) is 5.67. The molecular formula is C24H28O7. The van der Waals surface area contributed by atoms with Crippen molar-refractivity contribution in [1.29, 1.82) is 0 Å². The van der Waals surface area contributed by atoms with E-state index in [2.05, 4.69) is 0 Å². The predicted octanol–water partition coefficient (Wildman–Crippen LogP) is 1.81. The minimum Gasteiger partial charge on any atom is -0.387 e. The summed E-state index contributed by atoms with van der Waals surface area (Å²) in [6.07, 6.45) is -3.25. The number of benzene rings is 2. The molecule has 1 aliphatic carbocycles. The van der Waals surface area contributed by atoms with Crippen molar-refractivity contribution in [2.45, 2.75) is 49.5 Å². The van der Waals surface area contributed by atoms with E-state index >= 15 is 0 Å². The molecule has 0 radical (unpaired) electrons. The Hall–Kier alpha value is -2.10. The largest absolute Gasteiger partial charge is 0.387 e. The number of hydrogen-bond donors (Lipinski definition) is 3. The van der Waals surface area contributed by atoms with Crippen LogP contribution in [-0.4, -0.2) is 65.8 Å². The summed E-state index contributed by atoms with van der Waals surface area (Å²) in [6, 6.07) is 17.1. The van der Waals surface area contributed by atoms with E-state index in [4.69, 9.17) is 18.9 Å². The summed E-state index contributed by atoms with van der Waals surface area (Å²) in [5.41, 5.74) is 2.64. The van der Waals surface area contributed by atoms with E-state index in [1.54, 1.807) is 6.08 Å². The second-order valence-corrected chi connectivity index (χ2v) is 7.76. The summed E-state index contributed by atoms with van der Waals surface area (Å²) < 4.78 is 22.7. The van der Waals surface area contributed by atoms with Gasteiger partial charge in [0.15, 0.2) is 6.29 Å². The first-order valence-electron chi connectivity index (χ1n) is 10.3. The van der Waals surface area contributed by atoms with Crippen LogP contribution in [0, 0.1) is 0 Å². The quantitative estimate of drug-likeness (QED) is 0.619. The third-order valence-corrected chi connectivity index (χ3v) is 5.67. The monoisotopic (exact) mass is 428 g/mol. The first-order valence-corrected chi connectivity index (χ1v) is 10.3. The van der Waals surface area contributed by atoms with Crippen molar-refractivity contribution in [3.05, 3.63) is 77.4 Å². The fraction of sp³-hybridized carbons (Fsp3) is 0.417. The second-order valence-electron chi connectivity index (χ2n) is 7.76. The Morgan fingerprint density at radius 2 is 1.68 bits per heavy atom. The predicted molar refractivity (Wildman–Crippen MR) is 113 cm³/mol. The van der Waals surface area contributed by atoms with Gasteiger partial charge in [-0.05, 0) is 16.7 Å². The molecule has 1 saturated heterocycles. The van der Waals surface area contributed by atoms with Crippen LogP contribution in [0.2, 0.25) is 0 Å². The molecule has 166 valence electrons. The molecule has 0 aromatic heterocycles. The molecular weight excluding hydrogens is 400 g/mol. The lowest BCUT2D eigenvalue weighted by Gasteiger charge is -2.43. The van der Waals surface area contributed by atoms with E-state index < -0.39 is 42.9 Å². The number of fused-ring (bicyclic) bond motifs is 1. The highest BCUT2D eigenvalue weighted by atomic mass is 16.7. The van der Waals surface area contributed by atoms with E-state index in [1.165, 1.54) is 7.11 Å². The van der Waals surface area contributed by atoms with Gasteiger partial charge < -0.3 is 34.3 Å². The summed E-state index contributed by atoms with van der Waals surface area (Å²) in [6.45, 7) is 0.453. The van der Waals surface area contributed by atoms with E-state index in [0.29, 0.717) is 6.61 Å². The maximum absolute atomic E-state index is 10.9. The Balaban J connectivity index is 1.43. The zero-order valence-electron chi connectivity index (χ0n) is 17.3. The van der Waals surface area contributed by atoms with Gasteiger partial charge in [0.25, 0.3) is 0 Å². The van der Waals surface area contributed by atoms with Crippen LogP contribution in [0.15, 0.2) is 60.7 Å². The van der Waals surface area contributed by atoms with Crippen molar-refractivity contribution in [1.82, 2.24) is 0 Å². The molecule has 0 bridgehead atoms. The van der Waals surface area contributed by atoms with Gasteiger partial charge in [-0.1, -0.05) is 66.7 Å². The van der Waals surface area contributed by atoms with Crippen LogP contribution >= 0.6 is 0 Å². The van der Waals surface area contributed by atoms with Crippen LogP contribution in [0.25, 0.3) is 6.08 Å². The zero-order valence-corrected chi connectivity index (χ0v) is 17.3. The average molecular weight is 428 g/mol. The molecule has 2 aliphatic rings. The van der Waals surface area contributed by atoms with E-state index in [1.807, 2.05) is 60.7 Å². The Morgan fingerprint density at radius 3 is 2.45 bits per heavy atom. The molecule has 2 aromatic carbocycles. The Morgan fingerprint density at radius 1 is 0.935 bits per heavy atom. The minimum absolute atomic E-state index is 0.0917. The molecule has 0 amide bonds. The molecule has 1 heterocycles. The van der Waals surface area contributed by atoms with E-state index in [0.717, 1.165) is 16.7 Å². The van der Waals surface area contributed by atoms with Crippen molar-refractivity contribution in [2.24, 2.45) is 0 Å². The molecule has 0 unspecified atom stereocenters. The molecule has 4 rings (SSSR count). The van der Waals surface area contributed by atoms with Gasteiger partial charge >= 0.3 is 0 Å². The minimum atomic E-state index is -1.23. The maximum Gasteiger partial charge on any atom is 0.186 e. The number of methoxy groups -OCH3 is 1. The lowest BCUT2D eigenvalue weighted by molar-refractivity contribution is -0.309. The van der Waals surface area contributed by atoms with Gasteiger partial charge in [-0.2, -0.15) is 0 Å². The van der Waals surface area contributed by atoms with Crippen LogP contribution in [0.5, 0.6) is 0 Å². The van der Waals surface area contributed by atoms with Crippen LogP contribution in [0.4, 0.5) is 0 Å². The van der Waals surface area contributed by atoms with Crippen molar-refractivity contribution < 1.29 is 34.3 Å². The number of aliphatic hydroxyl groups excluding tert-OH is 3. The summed E-state index contributed by atoms with van der Waals surface area (Å²) in [7, 11) is 1.41. The van der Waals surface area contributed by atoms with Crippen molar-refractivity contribution in [3.8, 4) is 0 Å². The lowest BCUT2D eigenvalue weighted by atomic mass is 9.92. The highest BCUT2D eigenvalue weighted by molar-refractivity contribution is 5.58. The maximum atomic E-state index is 10.9. The molecule has 3 N–H and O–H groups in total. The second kappa shape index (κ2) is 10.0. The molecule has 7 atom stereocenters. The van der Waals surface area contributed by atoms with Gasteiger partial charge in [0.05, 0.1) is 13.2 Å². The topological polar surface area (TPSA) is 97.6 Å². The number of rotatable bonds is 7. The van der Waals surface area contributed by atoms with Crippen molar-refractivity contribution >= 4 is 6.08 Å². The summed E-state index contributed by atoms with van der Waals surface area (Å²) in [5, 5.41) is 32.3. The van der Waals surface area contributed by atoms with Crippen LogP contribution in [-0.2, 0) is 25.6 Å².